The van der Waals surface area contributed by atoms with Crippen LogP contribution in [0.15, 0.2) is 0 Å². The fourth-order valence-corrected chi connectivity index (χ4v) is 0.685. The molecule has 0 aliphatic carbocycles. The van der Waals surface area contributed by atoms with E-state index in [9.17, 15) is 0 Å². The Labute approximate surface area is 47.9 Å². The van der Waals surface area contributed by atoms with Crippen molar-refractivity contribution >= 4 is 0 Å². The summed E-state index contributed by atoms with van der Waals surface area (Å²) in [6.45, 7) is 1.42. The summed E-state index contributed by atoms with van der Waals surface area (Å²) < 4.78 is 4.79. The molecule has 1 heterocycles. The minimum absolute atomic E-state index is 0.0995. The second kappa shape index (κ2) is 2.44. The molecule has 2 atom stereocenters. The van der Waals surface area contributed by atoms with E-state index in [1.54, 1.807) is 0 Å². The van der Waals surface area contributed by atoms with E-state index in [1.807, 2.05) is 0 Å². The maximum Gasteiger partial charge on any atom is 0.107 e. The summed E-state index contributed by atoms with van der Waals surface area (Å²) in [5, 5.41) is 17.3. The van der Waals surface area contributed by atoms with Gasteiger partial charge in [0, 0.05) is 6.42 Å². The molecule has 0 aromatic rings. The molecule has 0 aromatic carbocycles. The molecule has 3 nitrogen and oxygen atoms in total. The molecule has 2 unspecified atom stereocenters. The fourth-order valence-electron chi connectivity index (χ4n) is 0.685. The first kappa shape index (κ1) is 6.01. The predicted molar refractivity (Wildman–Crippen MR) is 26.9 cm³/mol. The Hall–Kier alpha value is -0.120. The van der Waals surface area contributed by atoms with Crippen LogP contribution >= 0.6 is 0 Å². The highest BCUT2D eigenvalue weighted by atomic mass is 16.5. The summed E-state index contributed by atoms with van der Waals surface area (Å²) in [6, 6.07) is 0. The first-order valence-electron chi connectivity index (χ1n) is 2.60. The number of rotatable bonds is 1. The van der Waals surface area contributed by atoms with Crippen LogP contribution in [0.5, 0.6) is 0 Å². The van der Waals surface area contributed by atoms with Crippen LogP contribution in [0, 0.1) is 6.61 Å². The van der Waals surface area contributed by atoms with Gasteiger partial charge in [0.05, 0.1) is 19.3 Å². The Morgan fingerprint density at radius 2 is 2.50 bits per heavy atom. The molecule has 1 radical (unpaired) electrons. The molecule has 3 heteroatoms. The van der Waals surface area contributed by atoms with Crippen LogP contribution in [0.3, 0.4) is 0 Å². The quantitative estimate of drug-likeness (QED) is 0.477. The zero-order valence-corrected chi connectivity index (χ0v) is 4.45. The minimum Gasteiger partial charge on any atom is -0.394 e. The van der Waals surface area contributed by atoms with Crippen molar-refractivity contribution in [1.29, 1.82) is 0 Å². The smallest absolute Gasteiger partial charge is 0.107 e. The van der Waals surface area contributed by atoms with Crippen molar-refractivity contribution in [2.24, 2.45) is 0 Å². The van der Waals surface area contributed by atoms with Crippen molar-refractivity contribution in [2.75, 3.05) is 6.61 Å². The third-order valence-corrected chi connectivity index (χ3v) is 1.22. The van der Waals surface area contributed by atoms with Crippen molar-refractivity contribution in [3.63, 3.8) is 0 Å². The Kier molecular flexibility index (Phi) is 1.83. The standard InChI is InChI=1S/C5H9O3/c6-3-5-4(7)1-2-8-5/h2,4-7H,1,3H2. The fraction of sp³-hybridized carbons (Fsp3) is 0.800. The van der Waals surface area contributed by atoms with Gasteiger partial charge in [-0.2, -0.15) is 0 Å². The van der Waals surface area contributed by atoms with Crippen molar-refractivity contribution in [2.45, 2.75) is 18.6 Å². The van der Waals surface area contributed by atoms with Gasteiger partial charge in [0.2, 0.25) is 0 Å². The molecule has 47 valence electrons. The number of ether oxygens (including phenoxy) is 1. The Bertz CT molecular complexity index is 74.1. The average Bonchev–Trinajstić information content (AvgIpc) is 2.14. The number of hydrogen-bond acceptors (Lipinski definition) is 3. The molecular formula is C5H9O3. The zero-order chi connectivity index (χ0) is 5.98. The van der Waals surface area contributed by atoms with Crippen LogP contribution in [0.2, 0.25) is 0 Å². The summed E-state index contributed by atoms with van der Waals surface area (Å²) in [6.07, 6.45) is -0.347. The molecule has 1 fully saturated rings. The monoisotopic (exact) mass is 117 g/mol. The lowest BCUT2D eigenvalue weighted by Crippen LogP contribution is -2.24. The third-order valence-electron chi connectivity index (χ3n) is 1.22. The molecule has 1 saturated heterocycles. The highest BCUT2D eigenvalue weighted by Gasteiger charge is 2.25. The van der Waals surface area contributed by atoms with Gasteiger partial charge < -0.3 is 14.9 Å². The molecule has 1 rings (SSSR count). The normalized spacial score (nSPS) is 38.2. The van der Waals surface area contributed by atoms with Crippen LogP contribution in [0.4, 0.5) is 0 Å². The molecule has 8 heavy (non-hydrogen) atoms. The van der Waals surface area contributed by atoms with Crippen molar-refractivity contribution in [3.8, 4) is 0 Å². The summed E-state index contributed by atoms with van der Waals surface area (Å²) in [5.41, 5.74) is 0. The second-order valence-electron chi connectivity index (χ2n) is 1.83. The van der Waals surface area contributed by atoms with Gasteiger partial charge in [-0.1, -0.05) is 0 Å². The van der Waals surface area contributed by atoms with Crippen molar-refractivity contribution in [3.05, 3.63) is 6.61 Å². The third kappa shape index (κ3) is 0.992. The molecule has 1 aliphatic rings. The van der Waals surface area contributed by atoms with E-state index in [0.29, 0.717) is 6.42 Å². The van der Waals surface area contributed by atoms with Crippen molar-refractivity contribution < 1.29 is 14.9 Å². The largest absolute Gasteiger partial charge is 0.394 e. The molecule has 0 bridgehead atoms. The number of hydrogen-bond donors (Lipinski definition) is 2. The molecule has 0 aromatic heterocycles. The van der Waals surface area contributed by atoms with Crippen LogP contribution in [-0.2, 0) is 4.74 Å². The number of aliphatic hydroxyl groups excluding tert-OH is 2. The van der Waals surface area contributed by atoms with Gasteiger partial charge in [0.1, 0.15) is 6.10 Å². The van der Waals surface area contributed by atoms with Gasteiger partial charge in [-0.3, -0.25) is 0 Å². The Balaban J connectivity index is 2.30. The highest BCUT2D eigenvalue weighted by molar-refractivity contribution is 4.79. The first-order valence-corrected chi connectivity index (χ1v) is 2.60. The van der Waals surface area contributed by atoms with Crippen LogP contribution in [-0.4, -0.2) is 29.0 Å². The summed E-state index contributed by atoms with van der Waals surface area (Å²) in [5.74, 6) is 0. The molecule has 0 saturated carbocycles. The minimum atomic E-state index is -0.500. The van der Waals surface area contributed by atoms with Crippen LogP contribution < -0.4 is 0 Å². The Morgan fingerprint density at radius 1 is 1.75 bits per heavy atom. The topological polar surface area (TPSA) is 49.7 Å². The van der Waals surface area contributed by atoms with E-state index >= 15 is 0 Å². The first-order chi connectivity index (χ1) is 3.84. The van der Waals surface area contributed by atoms with Crippen LogP contribution in [0.25, 0.3) is 0 Å². The summed E-state index contributed by atoms with van der Waals surface area (Å²) in [4.78, 5) is 0. The van der Waals surface area contributed by atoms with Crippen molar-refractivity contribution in [1.82, 2.24) is 0 Å². The van der Waals surface area contributed by atoms with Gasteiger partial charge in [-0.15, -0.1) is 0 Å². The van der Waals surface area contributed by atoms with Gasteiger partial charge in [-0.25, -0.2) is 0 Å². The lowest BCUT2D eigenvalue weighted by Gasteiger charge is -2.07. The van der Waals surface area contributed by atoms with E-state index in [2.05, 4.69) is 0 Å². The Morgan fingerprint density at radius 3 is 2.75 bits per heavy atom. The van der Waals surface area contributed by atoms with Gasteiger partial charge in [-0.05, 0) is 0 Å². The lowest BCUT2D eigenvalue weighted by atomic mass is 10.2. The zero-order valence-electron chi connectivity index (χ0n) is 4.45. The lowest BCUT2D eigenvalue weighted by molar-refractivity contribution is 0.0169. The highest BCUT2D eigenvalue weighted by Crippen LogP contribution is 2.15. The van der Waals surface area contributed by atoms with E-state index < -0.39 is 6.10 Å². The van der Waals surface area contributed by atoms with Gasteiger partial charge >= 0.3 is 0 Å². The maximum atomic E-state index is 8.87. The SMILES string of the molecule is OCC1O[CH]CC1O. The maximum absolute atomic E-state index is 8.87. The molecule has 0 spiro atoms. The summed E-state index contributed by atoms with van der Waals surface area (Å²) in [7, 11) is 0. The average molecular weight is 117 g/mol. The molecule has 1 aliphatic heterocycles. The second-order valence-corrected chi connectivity index (χ2v) is 1.83. The van der Waals surface area contributed by atoms with E-state index in [1.165, 1.54) is 6.61 Å². The van der Waals surface area contributed by atoms with E-state index in [-0.39, 0.29) is 12.7 Å². The van der Waals surface area contributed by atoms with E-state index in [0.717, 1.165) is 0 Å². The molecular weight excluding hydrogens is 108 g/mol. The van der Waals surface area contributed by atoms with Gasteiger partial charge in [0.25, 0.3) is 0 Å². The van der Waals surface area contributed by atoms with Gasteiger partial charge in [0.15, 0.2) is 0 Å². The van der Waals surface area contributed by atoms with Crippen LogP contribution in [0.1, 0.15) is 6.42 Å². The number of aliphatic hydroxyl groups is 2. The predicted octanol–water partition coefficient (Wildman–Crippen LogP) is -0.710. The summed E-state index contributed by atoms with van der Waals surface area (Å²) >= 11 is 0. The van der Waals surface area contributed by atoms with E-state index in [4.69, 9.17) is 14.9 Å². The molecule has 2 N–H and O–H groups in total. The molecule has 0 amide bonds.